The number of rotatable bonds is 13. The zero-order chi connectivity index (χ0) is 16.8. The minimum absolute atomic E-state index is 0.00396. The van der Waals surface area contributed by atoms with Crippen LogP contribution in [-0.4, -0.2) is 36.3 Å². The maximum Gasteiger partial charge on any atom is 0.225 e. The van der Waals surface area contributed by atoms with Crippen LogP contribution in [0.1, 0.15) is 79.1 Å². The van der Waals surface area contributed by atoms with Crippen LogP contribution in [0, 0.1) is 5.92 Å². The highest BCUT2D eigenvalue weighted by Crippen LogP contribution is 2.11. The monoisotopic (exact) mass is 312 g/mol. The van der Waals surface area contributed by atoms with Crippen molar-refractivity contribution in [3.05, 3.63) is 0 Å². The van der Waals surface area contributed by atoms with Gasteiger partial charge in [-0.1, -0.05) is 52.9 Å². The summed E-state index contributed by atoms with van der Waals surface area (Å²) in [5.41, 5.74) is 0. The van der Waals surface area contributed by atoms with E-state index in [0.29, 0.717) is 6.54 Å². The van der Waals surface area contributed by atoms with Gasteiger partial charge in [0.15, 0.2) is 0 Å². The summed E-state index contributed by atoms with van der Waals surface area (Å²) in [4.78, 5) is 25.3. The number of nitrogens with one attached hydrogen (secondary N) is 1. The quantitative estimate of drug-likeness (QED) is 0.527. The average Bonchev–Trinajstić information content (AvgIpc) is 2.50. The van der Waals surface area contributed by atoms with E-state index in [-0.39, 0.29) is 17.7 Å². The number of unbranched alkanes of at least 4 members (excludes halogenated alkanes) is 5. The molecule has 1 unspecified atom stereocenters. The van der Waals surface area contributed by atoms with E-state index in [4.69, 9.17) is 0 Å². The summed E-state index contributed by atoms with van der Waals surface area (Å²) >= 11 is 0. The Kier molecular flexibility index (Phi) is 12.9. The first-order chi connectivity index (χ1) is 10.5. The van der Waals surface area contributed by atoms with Crippen LogP contribution >= 0.6 is 0 Å². The van der Waals surface area contributed by atoms with Crippen LogP contribution in [0.4, 0.5) is 0 Å². The van der Waals surface area contributed by atoms with Crippen LogP contribution in [0.15, 0.2) is 0 Å². The Morgan fingerprint density at radius 3 is 2.14 bits per heavy atom. The van der Waals surface area contributed by atoms with Gasteiger partial charge in [-0.05, 0) is 19.3 Å². The fourth-order valence-electron chi connectivity index (χ4n) is 2.44. The molecule has 0 rings (SSSR count). The fraction of sp³-hybridized carbons (Fsp3) is 0.889. The Labute approximate surface area is 137 Å². The summed E-state index contributed by atoms with van der Waals surface area (Å²) < 4.78 is 0. The minimum Gasteiger partial charge on any atom is -0.356 e. The van der Waals surface area contributed by atoms with Crippen molar-refractivity contribution in [2.75, 3.05) is 19.6 Å². The molecule has 0 bridgehead atoms. The Balaban J connectivity index is 4.11. The van der Waals surface area contributed by atoms with E-state index in [1.54, 1.807) is 0 Å². The topological polar surface area (TPSA) is 49.4 Å². The normalized spacial score (nSPS) is 12.0. The predicted molar refractivity (Wildman–Crippen MR) is 92.7 cm³/mol. The van der Waals surface area contributed by atoms with Gasteiger partial charge in [0.2, 0.25) is 11.8 Å². The number of amides is 2. The third-order valence-electron chi connectivity index (χ3n) is 4.11. The Morgan fingerprint density at radius 2 is 1.55 bits per heavy atom. The van der Waals surface area contributed by atoms with Crippen molar-refractivity contribution in [1.82, 2.24) is 10.2 Å². The molecule has 0 radical (unpaired) electrons. The molecule has 0 aliphatic heterocycles. The standard InChI is InChI=1S/C18H36N2O2/c1-5-7-8-9-10-11-14-20(18(22)16(3)6-2)15-12-13-19-17(4)21/h16H,5-15H2,1-4H3,(H,19,21). The molecular formula is C18H36N2O2. The van der Waals surface area contributed by atoms with Gasteiger partial charge in [0.1, 0.15) is 0 Å². The van der Waals surface area contributed by atoms with E-state index in [1.807, 2.05) is 11.8 Å². The molecule has 0 saturated heterocycles. The molecule has 0 saturated carbocycles. The van der Waals surface area contributed by atoms with Crippen LogP contribution in [0.2, 0.25) is 0 Å². The van der Waals surface area contributed by atoms with Crippen LogP contribution in [0.5, 0.6) is 0 Å². The van der Waals surface area contributed by atoms with E-state index >= 15 is 0 Å². The van der Waals surface area contributed by atoms with Crippen molar-refractivity contribution in [3.8, 4) is 0 Å². The summed E-state index contributed by atoms with van der Waals surface area (Å²) in [6.07, 6.45) is 9.16. The number of nitrogens with zero attached hydrogens (tertiary/aromatic N) is 1. The lowest BCUT2D eigenvalue weighted by atomic mass is 10.1. The van der Waals surface area contributed by atoms with E-state index in [1.165, 1.54) is 39.0 Å². The van der Waals surface area contributed by atoms with Crippen molar-refractivity contribution >= 4 is 11.8 Å². The number of hydrogen-bond donors (Lipinski definition) is 1. The first-order valence-corrected chi connectivity index (χ1v) is 9.06. The summed E-state index contributed by atoms with van der Waals surface area (Å²) in [7, 11) is 0. The molecule has 1 atom stereocenters. The highest BCUT2D eigenvalue weighted by Gasteiger charge is 2.18. The fourth-order valence-corrected chi connectivity index (χ4v) is 2.44. The summed E-state index contributed by atoms with van der Waals surface area (Å²) in [5, 5.41) is 2.80. The molecule has 130 valence electrons. The van der Waals surface area contributed by atoms with E-state index in [9.17, 15) is 9.59 Å². The number of hydrogen-bond acceptors (Lipinski definition) is 2. The SMILES string of the molecule is CCCCCCCCN(CCCNC(C)=O)C(=O)C(C)CC. The largest absolute Gasteiger partial charge is 0.356 e. The maximum atomic E-state index is 12.4. The van der Waals surface area contributed by atoms with Crippen LogP contribution in [-0.2, 0) is 9.59 Å². The molecule has 0 heterocycles. The van der Waals surface area contributed by atoms with Gasteiger partial charge in [-0.2, -0.15) is 0 Å². The van der Waals surface area contributed by atoms with Crippen LogP contribution in [0.25, 0.3) is 0 Å². The van der Waals surface area contributed by atoms with E-state index in [2.05, 4.69) is 19.2 Å². The van der Waals surface area contributed by atoms with Gasteiger partial charge in [0.25, 0.3) is 0 Å². The van der Waals surface area contributed by atoms with E-state index in [0.717, 1.165) is 32.4 Å². The van der Waals surface area contributed by atoms with Gasteiger partial charge >= 0.3 is 0 Å². The highest BCUT2D eigenvalue weighted by atomic mass is 16.2. The van der Waals surface area contributed by atoms with Gasteiger partial charge in [0, 0.05) is 32.5 Å². The first kappa shape index (κ1) is 20.9. The van der Waals surface area contributed by atoms with Gasteiger partial charge in [-0.3, -0.25) is 9.59 Å². The Morgan fingerprint density at radius 1 is 0.955 bits per heavy atom. The maximum absolute atomic E-state index is 12.4. The number of carbonyl (C=O) groups is 2. The molecule has 0 aromatic heterocycles. The lowest BCUT2D eigenvalue weighted by Crippen LogP contribution is -2.38. The van der Waals surface area contributed by atoms with Crippen LogP contribution in [0.3, 0.4) is 0 Å². The summed E-state index contributed by atoms with van der Waals surface area (Å²) in [6.45, 7) is 10.1. The molecule has 0 aromatic carbocycles. The molecule has 1 N–H and O–H groups in total. The zero-order valence-electron chi connectivity index (χ0n) is 15.1. The smallest absolute Gasteiger partial charge is 0.225 e. The minimum atomic E-state index is -0.00396. The third-order valence-corrected chi connectivity index (χ3v) is 4.11. The third kappa shape index (κ3) is 10.6. The van der Waals surface area contributed by atoms with E-state index < -0.39 is 0 Å². The van der Waals surface area contributed by atoms with Gasteiger partial charge in [-0.15, -0.1) is 0 Å². The molecule has 4 heteroatoms. The van der Waals surface area contributed by atoms with Crippen LogP contribution < -0.4 is 5.32 Å². The number of carbonyl (C=O) groups excluding carboxylic acids is 2. The second kappa shape index (κ2) is 13.6. The van der Waals surface area contributed by atoms with Crippen molar-refractivity contribution in [3.63, 3.8) is 0 Å². The van der Waals surface area contributed by atoms with Gasteiger partial charge < -0.3 is 10.2 Å². The van der Waals surface area contributed by atoms with Crippen molar-refractivity contribution in [2.24, 2.45) is 5.92 Å². The molecule has 2 amide bonds. The molecular weight excluding hydrogens is 276 g/mol. The molecule has 0 spiro atoms. The molecule has 0 aromatic rings. The first-order valence-electron chi connectivity index (χ1n) is 9.06. The highest BCUT2D eigenvalue weighted by molar-refractivity contribution is 5.78. The predicted octanol–water partition coefficient (Wildman–Crippen LogP) is 3.75. The average molecular weight is 312 g/mol. The van der Waals surface area contributed by atoms with Crippen molar-refractivity contribution < 1.29 is 9.59 Å². The van der Waals surface area contributed by atoms with Gasteiger partial charge in [0.05, 0.1) is 0 Å². The van der Waals surface area contributed by atoms with Gasteiger partial charge in [-0.25, -0.2) is 0 Å². The lowest BCUT2D eigenvalue weighted by Gasteiger charge is -2.25. The second-order valence-electron chi connectivity index (χ2n) is 6.24. The molecule has 4 nitrogen and oxygen atoms in total. The molecule has 0 aliphatic rings. The Hall–Kier alpha value is -1.06. The molecule has 0 aliphatic carbocycles. The summed E-state index contributed by atoms with van der Waals surface area (Å²) in [6, 6.07) is 0. The molecule has 0 fully saturated rings. The molecule has 22 heavy (non-hydrogen) atoms. The summed E-state index contributed by atoms with van der Waals surface area (Å²) in [5.74, 6) is 0.357. The zero-order valence-corrected chi connectivity index (χ0v) is 15.1. The lowest BCUT2D eigenvalue weighted by molar-refractivity contribution is -0.135. The van der Waals surface area contributed by atoms with Crippen molar-refractivity contribution in [2.45, 2.75) is 79.1 Å². The second-order valence-corrected chi connectivity index (χ2v) is 6.24. The Bertz CT molecular complexity index is 305. The van der Waals surface area contributed by atoms with Crippen molar-refractivity contribution in [1.29, 1.82) is 0 Å².